The first kappa shape index (κ1) is 21.8. The summed E-state index contributed by atoms with van der Waals surface area (Å²) in [6.45, 7) is 1.78. The van der Waals surface area contributed by atoms with Crippen molar-refractivity contribution in [3.05, 3.63) is 101 Å². The number of aryl methyl sites for hydroxylation is 1. The van der Waals surface area contributed by atoms with Crippen LogP contribution in [0.1, 0.15) is 37.4 Å². The molecule has 0 aliphatic rings. The smallest absolute Gasteiger partial charge is 0.339 e. The first-order chi connectivity index (χ1) is 15.0. The highest BCUT2D eigenvalue weighted by Crippen LogP contribution is 2.16. The maximum atomic E-state index is 12.8. The Morgan fingerprint density at radius 1 is 0.839 bits per heavy atom. The molecule has 31 heavy (non-hydrogen) atoms. The number of hydrogen-bond donors (Lipinski definition) is 1. The Labute approximate surface area is 180 Å². The fourth-order valence-corrected chi connectivity index (χ4v) is 2.92. The monoisotopic (exact) mass is 417 g/mol. The van der Waals surface area contributed by atoms with Gasteiger partial charge >= 0.3 is 5.97 Å². The fraction of sp³-hybridized carbons (Fsp3) is 0.160. The van der Waals surface area contributed by atoms with E-state index >= 15 is 0 Å². The molecule has 0 saturated heterocycles. The lowest BCUT2D eigenvalue weighted by Gasteiger charge is -2.10. The van der Waals surface area contributed by atoms with Crippen LogP contribution in [-0.2, 0) is 16.1 Å². The van der Waals surface area contributed by atoms with Crippen LogP contribution in [0.5, 0.6) is 5.75 Å². The molecule has 6 nitrogen and oxygen atoms in total. The SMILES string of the molecule is COc1ccc(CNC(=O)COC(=O)c2ccccc2C(=O)c2ccc(C)cc2)cc1. The summed E-state index contributed by atoms with van der Waals surface area (Å²) in [5.41, 5.74) is 2.74. The van der Waals surface area contributed by atoms with E-state index in [9.17, 15) is 14.4 Å². The van der Waals surface area contributed by atoms with Gasteiger partial charge in [0.15, 0.2) is 12.4 Å². The molecule has 3 rings (SSSR count). The van der Waals surface area contributed by atoms with E-state index in [0.717, 1.165) is 16.9 Å². The number of ether oxygens (including phenoxy) is 2. The highest BCUT2D eigenvalue weighted by molar-refractivity contribution is 6.14. The van der Waals surface area contributed by atoms with Gasteiger partial charge in [-0.3, -0.25) is 9.59 Å². The molecule has 0 radical (unpaired) electrons. The minimum atomic E-state index is -0.726. The van der Waals surface area contributed by atoms with E-state index < -0.39 is 18.5 Å². The average Bonchev–Trinajstić information content (AvgIpc) is 2.81. The number of carbonyl (C=O) groups excluding carboxylic acids is 3. The minimum Gasteiger partial charge on any atom is -0.497 e. The van der Waals surface area contributed by atoms with Gasteiger partial charge in [-0.05, 0) is 30.7 Å². The third kappa shape index (κ3) is 5.79. The number of rotatable bonds is 8. The molecule has 0 heterocycles. The topological polar surface area (TPSA) is 81.7 Å². The van der Waals surface area contributed by atoms with Crippen LogP contribution in [-0.4, -0.2) is 31.4 Å². The zero-order valence-electron chi connectivity index (χ0n) is 17.4. The molecule has 0 spiro atoms. The summed E-state index contributed by atoms with van der Waals surface area (Å²) in [6, 6.07) is 20.8. The van der Waals surface area contributed by atoms with Crippen molar-refractivity contribution in [2.45, 2.75) is 13.5 Å². The largest absolute Gasteiger partial charge is 0.497 e. The molecule has 0 aliphatic heterocycles. The quantitative estimate of drug-likeness (QED) is 0.446. The highest BCUT2D eigenvalue weighted by atomic mass is 16.5. The van der Waals surface area contributed by atoms with Crippen molar-refractivity contribution >= 4 is 17.7 Å². The van der Waals surface area contributed by atoms with E-state index in [1.54, 1.807) is 49.6 Å². The Bertz CT molecular complexity index is 1070. The first-order valence-electron chi connectivity index (χ1n) is 9.75. The van der Waals surface area contributed by atoms with E-state index in [0.29, 0.717) is 12.1 Å². The van der Waals surface area contributed by atoms with Gasteiger partial charge in [0.2, 0.25) is 0 Å². The van der Waals surface area contributed by atoms with Gasteiger partial charge in [-0.15, -0.1) is 0 Å². The molecule has 3 aromatic carbocycles. The molecule has 1 N–H and O–H groups in total. The normalized spacial score (nSPS) is 10.3. The maximum absolute atomic E-state index is 12.8. The number of esters is 1. The van der Waals surface area contributed by atoms with E-state index in [1.807, 2.05) is 31.2 Å². The second-order valence-electron chi connectivity index (χ2n) is 6.94. The molecule has 0 fully saturated rings. The maximum Gasteiger partial charge on any atom is 0.339 e. The first-order valence-corrected chi connectivity index (χ1v) is 9.75. The van der Waals surface area contributed by atoms with Crippen molar-refractivity contribution in [2.75, 3.05) is 13.7 Å². The number of ketones is 1. The summed E-state index contributed by atoms with van der Waals surface area (Å²) >= 11 is 0. The molecular weight excluding hydrogens is 394 g/mol. The van der Waals surface area contributed by atoms with Gasteiger partial charge in [0.25, 0.3) is 5.91 Å². The van der Waals surface area contributed by atoms with Crippen LogP contribution in [0.2, 0.25) is 0 Å². The van der Waals surface area contributed by atoms with Crippen LogP contribution in [0.4, 0.5) is 0 Å². The Balaban J connectivity index is 1.59. The zero-order chi connectivity index (χ0) is 22.2. The summed E-state index contributed by atoms with van der Waals surface area (Å²) in [7, 11) is 1.58. The predicted molar refractivity (Wildman–Crippen MR) is 116 cm³/mol. The molecule has 0 aromatic heterocycles. The molecule has 3 aromatic rings. The van der Waals surface area contributed by atoms with Crippen LogP contribution >= 0.6 is 0 Å². The Kier molecular flexibility index (Phi) is 7.17. The summed E-state index contributed by atoms with van der Waals surface area (Å²) < 4.78 is 10.2. The van der Waals surface area contributed by atoms with Gasteiger partial charge in [0.05, 0.1) is 12.7 Å². The van der Waals surface area contributed by atoms with E-state index in [1.165, 1.54) is 6.07 Å². The molecule has 0 aliphatic carbocycles. The summed E-state index contributed by atoms with van der Waals surface area (Å²) in [5.74, 6) is -0.721. The van der Waals surface area contributed by atoms with Crippen molar-refractivity contribution in [1.82, 2.24) is 5.32 Å². The van der Waals surface area contributed by atoms with Crippen molar-refractivity contribution < 1.29 is 23.9 Å². The second kappa shape index (κ2) is 10.2. The number of carbonyl (C=O) groups is 3. The Hall–Kier alpha value is -3.93. The van der Waals surface area contributed by atoms with Crippen LogP contribution in [0.25, 0.3) is 0 Å². The third-order valence-corrected chi connectivity index (χ3v) is 4.69. The third-order valence-electron chi connectivity index (χ3n) is 4.69. The molecule has 0 unspecified atom stereocenters. The van der Waals surface area contributed by atoms with E-state index in [2.05, 4.69) is 5.32 Å². The molecular formula is C25H23NO5. The number of benzene rings is 3. The van der Waals surface area contributed by atoms with Gasteiger partial charge < -0.3 is 14.8 Å². The average molecular weight is 417 g/mol. The number of hydrogen-bond acceptors (Lipinski definition) is 5. The predicted octanol–water partition coefficient (Wildman–Crippen LogP) is 3.71. The summed E-state index contributed by atoms with van der Waals surface area (Å²) in [4.78, 5) is 37.4. The molecule has 6 heteroatoms. The van der Waals surface area contributed by atoms with Crippen LogP contribution < -0.4 is 10.1 Å². The Morgan fingerprint density at radius 3 is 2.13 bits per heavy atom. The molecule has 0 atom stereocenters. The van der Waals surface area contributed by atoms with Crippen molar-refractivity contribution in [3.63, 3.8) is 0 Å². The molecule has 0 saturated carbocycles. The van der Waals surface area contributed by atoms with Crippen LogP contribution in [0.3, 0.4) is 0 Å². The minimum absolute atomic E-state index is 0.121. The summed E-state index contributed by atoms with van der Waals surface area (Å²) in [5, 5.41) is 2.69. The second-order valence-corrected chi connectivity index (χ2v) is 6.94. The lowest BCUT2D eigenvalue weighted by Crippen LogP contribution is -2.28. The number of amides is 1. The Morgan fingerprint density at radius 2 is 1.48 bits per heavy atom. The zero-order valence-corrected chi connectivity index (χ0v) is 17.4. The molecule has 158 valence electrons. The number of nitrogens with one attached hydrogen (secondary N) is 1. The van der Waals surface area contributed by atoms with Crippen LogP contribution in [0.15, 0.2) is 72.8 Å². The number of methoxy groups -OCH3 is 1. The van der Waals surface area contributed by atoms with Gasteiger partial charge in [-0.2, -0.15) is 0 Å². The highest BCUT2D eigenvalue weighted by Gasteiger charge is 2.19. The van der Waals surface area contributed by atoms with E-state index in [4.69, 9.17) is 9.47 Å². The van der Waals surface area contributed by atoms with Crippen molar-refractivity contribution in [3.8, 4) is 5.75 Å². The molecule has 1 amide bonds. The van der Waals surface area contributed by atoms with Gasteiger partial charge in [0.1, 0.15) is 5.75 Å². The van der Waals surface area contributed by atoms with Gasteiger partial charge in [0, 0.05) is 17.7 Å². The van der Waals surface area contributed by atoms with Crippen molar-refractivity contribution in [1.29, 1.82) is 0 Å². The van der Waals surface area contributed by atoms with E-state index in [-0.39, 0.29) is 16.9 Å². The fourth-order valence-electron chi connectivity index (χ4n) is 2.92. The standard InChI is InChI=1S/C25H23NO5/c1-17-7-11-19(12-8-17)24(28)21-5-3-4-6-22(21)25(29)31-16-23(27)26-15-18-9-13-20(30-2)14-10-18/h3-14H,15-16H2,1-2H3,(H,26,27). The summed E-state index contributed by atoms with van der Waals surface area (Å²) in [6.07, 6.45) is 0. The van der Waals surface area contributed by atoms with Crippen molar-refractivity contribution in [2.24, 2.45) is 0 Å². The van der Waals surface area contributed by atoms with Gasteiger partial charge in [-0.1, -0.05) is 60.2 Å². The van der Waals surface area contributed by atoms with Gasteiger partial charge in [-0.25, -0.2) is 4.79 Å². The molecule has 0 bridgehead atoms. The van der Waals surface area contributed by atoms with Crippen LogP contribution in [0, 0.1) is 6.92 Å². The lowest BCUT2D eigenvalue weighted by molar-refractivity contribution is -0.124. The lowest BCUT2D eigenvalue weighted by atomic mass is 9.98.